The molecule has 12 rings (SSSR count). The predicted molar refractivity (Wildman–Crippen MR) is 217 cm³/mol. The molecule has 2 aliphatic heterocycles. The van der Waals surface area contributed by atoms with Gasteiger partial charge in [-0.25, -0.2) is 0 Å². The van der Waals surface area contributed by atoms with Crippen molar-refractivity contribution in [2.45, 2.75) is 15.2 Å². The van der Waals surface area contributed by atoms with Crippen molar-refractivity contribution >= 4 is 55.4 Å². The molecule has 0 radical (unpaired) electrons. The monoisotopic (exact) mass is 678 g/mol. The van der Waals surface area contributed by atoms with Gasteiger partial charge in [0.05, 0.1) is 33.2 Å². The van der Waals surface area contributed by atoms with Crippen LogP contribution in [-0.2, 0) is 5.41 Å². The van der Waals surface area contributed by atoms with Gasteiger partial charge in [-0.2, -0.15) is 0 Å². The molecule has 1 unspecified atom stereocenters. The first-order chi connectivity index (χ1) is 25.8. The van der Waals surface area contributed by atoms with E-state index in [-0.39, 0.29) is 0 Å². The van der Waals surface area contributed by atoms with E-state index in [1.54, 1.807) is 0 Å². The molecule has 0 fully saturated rings. The maximum Gasteiger partial charge on any atom is 0.0764 e. The number of benzene rings is 8. The number of fused-ring (bicyclic) bond motifs is 15. The molecular weight excluding hydrogens is 649 g/mol. The highest BCUT2D eigenvalue weighted by atomic mass is 32.2. The van der Waals surface area contributed by atoms with Gasteiger partial charge in [-0.3, -0.25) is 0 Å². The summed E-state index contributed by atoms with van der Waals surface area (Å²) >= 11 is 1.93. The van der Waals surface area contributed by atoms with Crippen LogP contribution in [-0.4, -0.2) is 9.13 Å². The van der Waals surface area contributed by atoms with Gasteiger partial charge < -0.3 is 9.13 Å². The fourth-order valence-electron chi connectivity index (χ4n) is 9.54. The van der Waals surface area contributed by atoms with E-state index in [4.69, 9.17) is 0 Å². The zero-order valence-electron chi connectivity index (χ0n) is 28.1. The Morgan fingerprint density at radius 2 is 1.02 bits per heavy atom. The van der Waals surface area contributed by atoms with Crippen LogP contribution in [0.15, 0.2) is 192 Å². The van der Waals surface area contributed by atoms with Crippen molar-refractivity contribution in [3.8, 4) is 22.5 Å². The summed E-state index contributed by atoms with van der Waals surface area (Å²) in [5, 5.41) is 5.19. The number of hydrogen-bond donors (Lipinski definition) is 0. The van der Waals surface area contributed by atoms with Gasteiger partial charge >= 0.3 is 0 Å². The molecule has 2 nitrogen and oxygen atoms in total. The van der Waals surface area contributed by atoms with Crippen molar-refractivity contribution < 1.29 is 0 Å². The molecule has 2 aromatic heterocycles. The molecule has 0 aliphatic carbocycles. The summed E-state index contributed by atoms with van der Waals surface area (Å²) in [6.07, 6.45) is 0. The molecule has 0 bridgehead atoms. The second kappa shape index (κ2) is 10.4. The first kappa shape index (κ1) is 28.4. The lowest BCUT2D eigenvalue weighted by Crippen LogP contribution is -2.37. The third kappa shape index (κ3) is 3.51. The molecule has 8 aromatic carbocycles. The van der Waals surface area contributed by atoms with Crippen molar-refractivity contribution in [1.29, 1.82) is 0 Å². The van der Waals surface area contributed by atoms with Crippen molar-refractivity contribution in [2.24, 2.45) is 0 Å². The zero-order valence-corrected chi connectivity index (χ0v) is 28.9. The first-order valence-corrected chi connectivity index (χ1v) is 18.8. The van der Waals surface area contributed by atoms with Crippen LogP contribution in [0.3, 0.4) is 0 Å². The number of rotatable bonds is 2. The van der Waals surface area contributed by atoms with E-state index in [0.717, 1.165) is 0 Å². The maximum atomic E-state index is 2.52. The van der Waals surface area contributed by atoms with Gasteiger partial charge in [-0.15, -0.1) is 0 Å². The Hall–Kier alpha value is -6.29. The van der Waals surface area contributed by atoms with E-state index in [2.05, 4.69) is 191 Å². The average Bonchev–Trinajstić information content (AvgIpc) is 3.74. The molecule has 10 aromatic rings. The molecule has 3 heteroatoms. The van der Waals surface area contributed by atoms with Gasteiger partial charge in [0.1, 0.15) is 0 Å². The van der Waals surface area contributed by atoms with Gasteiger partial charge in [0.15, 0.2) is 0 Å². The van der Waals surface area contributed by atoms with Gasteiger partial charge in [0.25, 0.3) is 0 Å². The summed E-state index contributed by atoms with van der Waals surface area (Å²) in [6.45, 7) is 0. The average molecular weight is 679 g/mol. The first-order valence-electron chi connectivity index (χ1n) is 17.9. The minimum absolute atomic E-state index is 0.508. The van der Waals surface area contributed by atoms with Crippen LogP contribution in [0.4, 0.5) is 0 Å². The van der Waals surface area contributed by atoms with Crippen LogP contribution in [0.25, 0.3) is 66.1 Å². The van der Waals surface area contributed by atoms with E-state index < -0.39 is 5.41 Å². The van der Waals surface area contributed by atoms with E-state index in [1.807, 2.05) is 11.8 Å². The van der Waals surface area contributed by atoms with E-state index in [9.17, 15) is 0 Å². The maximum absolute atomic E-state index is 2.52. The lowest BCUT2D eigenvalue weighted by atomic mass is 9.62. The van der Waals surface area contributed by atoms with Gasteiger partial charge in [-0.05, 0) is 75.8 Å². The number of para-hydroxylation sites is 4. The Bertz CT molecular complexity index is 3090. The molecule has 242 valence electrons. The van der Waals surface area contributed by atoms with E-state index >= 15 is 0 Å². The highest BCUT2D eigenvalue weighted by Gasteiger charge is 2.50. The van der Waals surface area contributed by atoms with Crippen LogP contribution in [0.1, 0.15) is 22.3 Å². The lowest BCUT2D eigenvalue weighted by molar-refractivity contribution is 0.692. The molecule has 0 saturated carbocycles. The van der Waals surface area contributed by atoms with E-state index in [1.165, 1.54) is 98.2 Å². The zero-order chi connectivity index (χ0) is 34.0. The van der Waals surface area contributed by atoms with Crippen LogP contribution < -0.4 is 0 Å². The topological polar surface area (TPSA) is 9.86 Å². The summed E-state index contributed by atoms with van der Waals surface area (Å²) in [7, 11) is 0. The standard InChI is InChI=1S/C49H30N2S/c1-2-13-31(14-3-1)32-25-27-33(28-26-32)50-42-22-9-5-16-36(42)46-44(50)30-29-40-48(46)52-45-24-11-7-19-38(45)49(40)37-18-6-10-23-43(37)51-41-21-8-4-15-34(41)35-17-12-20-39(49)47(35)51/h1-30H. The normalized spacial score (nSPS) is 15.7. The second-order valence-corrected chi connectivity index (χ2v) is 15.1. The molecule has 2 aliphatic rings. The molecule has 52 heavy (non-hydrogen) atoms. The Morgan fingerprint density at radius 1 is 0.385 bits per heavy atom. The smallest absolute Gasteiger partial charge is 0.0764 e. The molecule has 1 spiro atoms. The second-order valence-electron chi connectivity index (χ2n) is 14.0. The fraction of sp³-hybridized carbons (Fsp3) is 0.0204. The van der Waals surface area contributed by atoms with Gasteiger partial charge in [0.2, 0.25) is 0 Å². The SMILES string of the molecule is c1ccc(-c2ccc(-n3c4ccccc4c4c5c(ccc43)C3(c4ccccc4S5)c4ccccc4-n4c5ccccc5c5cccc3c54)cc2)cc1. The lowest BCUT2D eigenvalue weighted by Gasteiger charge is -2.45. The van der Waals surface area contributed by atoms with Crippen molar-refractivity contribution in [2.75, 3.05) is 0 Å². The van der Waals surface area contributed by atoms with Crippen molar-refractivity contribution in [1.82, 2.24) is 9.13 Å². The molecule has 0 saturated heterocycles. The van der Waals surface area contributed by atoms with Crippen LogP contribution in [0.5, 0.6) is 0 Å². The minimum atomic E-state index is -0.508. The van der Waals surface area contributed by atoms with Crippen molar-refractivity contribution in [3.05, 3.63) is 204 Å². The van der Waals surface area contributed by atoms with E-state index in [0.29, 0.717) is 0 Å². The number of aromatic nitrogens is 2. The Kier molecular flexibility index (Phi) is 5.67. The van der Waals surface area contributed by atoms with Crippen LogP contribution >= 0.6 is 11.8 Å². The highest BCUT2D eigenvalue weighted by Crippen LogP contribution is 2.62. The Balaban J connectivity index is 1.21. The van der Waals surface area contributed by atoms with Crippen LogP contribution in [0, 0.1) is 0 Å². The quantitative estimate of drug-likeness (QED) is 0.177. The molecule has 4 heterocycles. The number of hydrogen-bond acceptors (Lipinski definition) is 1. The summed E-state index contributed by atoms with van der Waals surface area (Å²) in [6, 6.07) is 67.6. The van der Waals surface area contributed by atoms with Crippen LogP contribution in [0.2, 0.25) is 0 Å². The minimum Gasteiger partial charge on any atom is -0.309 e. The van der Waals surface area contributed by atoms with Gasteiger partial charge in [-0.1, -0.05) is 151 Å². The summed E-state index contributed by atoms with van der Waals surface area (Å²) in [5.41, 5.74) is 14.7. The van der Waals surface area contributed by atoms with Gasteiger partial charge in [0, 0.05) is 37.0 Å². The Labute approximate surface area is 305 Å². The molecule has 1 atom stereocenters. The molecular formula is C49H30N2S. The predicted octanol–water partition coefficient (Wildman–Crippen LogP) is 12.7. The van der Waals surface area contributed by atoms with Crippen molar-refractivity contribution in [3.63, 3.8) is 0 Å². The summed E-state index contributed by atoms with van der Waals surface area (Å²) < 4.78 is 4.98. The summed E-state index contributed by atoms with van der Waals surface area (Å²) in [4.78, 5) is 2.64. The Morgan fingerprint density at radius 3 is 1.87 bits per heavy atom. The molecule has 0 amide bonds. The number of nitrogens with zero attached hydrogens (tertiary/aromatic N) is 2. The fourth-order valence-corrected chi connectivity index (χ4v) is 10.9. The largest absolute Gasteiger partial charge is 0.309 e. The highest BCUT2D eigenvalue weighted by molar-refractivity contribution is 7.99. The third-order valence-corrected chi connectivity index (χ3v) is 12.8. The summed E-state index contributed by atoms with van der Waals surface area (Å²) in [5.74, 6) is 0. The third-order valence-electron chi connectivity index (χ3n) is 11.6. The molecule has 0 N–H and O–H groups in total.